The van der Waals surface area contributed by atoms with Crippen LogP contribution in [0.2, 0.25) is 0 Å². The Kier molecular flexibility index (Phi) is 4.37. The summed E-state index contributed by atoms with van der Waals surface area (Å²) in [6.45, 7) is 0.0411. The van der Waals surface area contributed by atoms with Gasteiger partial charge in [-0.25, -0.2) is 0 Å². The highest BCUT2D eigenvalue weighted by Gasteiger charge is 2.32. The number of ether oxygens (including phenoxy) is 1. The Hall–Kier alpha value is -1.81. The number of terminal acetylenes is 1. The summed E-state index contributed by atoms with van der Waals surface area (Å²) >= 11 is 0. The van der Waals surface area contributed by atoms with Crippen LogP contribution in [-0.4, -0.2) is 29.2 Å². The highest BCUT2D eigenvalue weighted by Crippen LogP contribution is 2.32. The van der Waals surface area contributed by atoms with E-state index in [1.165, 1.54) is 18.4 Å². The minimum Gasteiger partial charge on any atom is -0.404 e. The lowest BCUT2D eigenvalue weighted by atomic mass is 10.3. The first-order valence-electron chi connectivity index (χ1n) is 5.03. The summed E-state index contributed by atoms with van der Waals surface area (Å²) in [5.41, 5.74) is 0.0719. The molecule has 0 saturated heterocycles. The van der Waals surface area contributed by atoms with E-state index in [-0.39, 0.29) is 17.1 Å². The fourth-order valence-corrected chi connectivity index (χ4v) is 1.98. The fraction of sp³-hybridized carbons (Fsp3) is 0.250. The van der Waals surface area contributed by atoms with Crippen LogP contribution in [0.4, 0.5) is 18.9 Å². The van der Waals surface area contributed by atoms with Crippen LogP contribution in [0.25, 0.3) is 0 Å². The molecule has 0 fully saturated rings. The second kappa shape index (κ2) is 5.45. The van der Waals surface area contributed by atoms with Crippen LogP contribution in [0.1, 0.15) is 0 Å². The van der Waals surface area contributed by atoms with Crippen LogP contribution in [0.15, 0.2) is 23.1 Å². The molecule has 0 bridgehead atoms. The molecule has 1 aromatic carbocycles. The van der Waals surface area contributed by atoms with Crippen molar-refractivity contribution in [3.63, 3.8) is 0 Å². The lowest BCUT2D eigenvalue weighted by Gasteiger charge is -2.15. The van der Waals surface area contributed by atoms with E-state index in [1.54, 1.807) is 0 Å². The molecule has 0 aliphatic heterocycles. The Morgan fingerprint density at radius 3 is 2.63 bits per heavy atom. The molecule has 19 heavy (non-hydrogen) atoms. The number of anilines is 1. The minimum absolute atomic E-state index is 0.0411. The van der Waals surface area contributed by atoms with E-state index in [0.717, 1.165) is 6.07 Å². The van der Waals surface area contributed by atoms with Crippen molar-refractivity contribution in [2.24, 2.45) is 0 Å². The molecule has 0 spiro atoms. The topological polar surface area (TPSA) is 38.3 Å². The first-order chi connectivity index (χ1) is 8.63. The maximum absolute atomic E-state index is 12.3. The number of alkyl halides is 3. The van der Waals surface area contributed by atoms with Gasteiger partial charge in [-0.15, -0.1) is 19.6 Å². The van der Waals surface area contributed by atoms with Crippen LogP contribution in [0.5, 0.6) is 5.75 Å². The van der Waals surface area contributed by atoms with E-state index in [1.807, 2.05) is 0 Å². The second-order valence-electron chi connectivity index (χ2n) is 3.77. The number of nitrogens with one attached hydrogen (secondary N) is 1. The summed E-state index contributed by atoms with van der Waals surface area (Å²) < 4.78 is 52.5. The van der Waals surface area contributed by atoms with Gasteiger partial charge in [0, 0.05) is 11.2 Å². The zero-order chi connectivity index (χ0) is 14.7. The average Bonchev–Trinajstić information content (AvgIpc) is 2.24. The van der Waals surface area contributed by atoms with Crippen LogP contribution < -0.4 is 10.1 Å². The van der Waals surface area contributed by atoms with Crippen molar-refractivity contribution in [2.75, 3.05) is 18.1 Å². The van der Waals surface area contributed by atoms with Crippen molar-refractivity contribution < 1.29 is 22.1 Å². The van der Waals surface area contributed by atoms with Gasteiger partial charge in [0.05, 0.1) is 12.2 Å². The maximum atomic E-state index is 12.3. The van der Waals surface area contributed by atoms with Crippen molar-refractivity contribution in [1.82, 2.24) is 0 Å². The first kappa shape index (κ1) is 15.2. The van der Waals surface area contributed by atoms with Gasteiger partial charge in [-0.1, -0.05) is 5.92 Å². The molecule has 3 nitrogen and oxygen atoms in total. The van der Waals surface area contributed by atoms with Gasteiger partial charge in [-0.3, -0.25) is 4.21 Å². The highest BCUT2D eigenvalue weighted by molar-refractivity contribution is 7.99. The van der Waals surface area contributed by atoms with Crippen molar-refractivity contribution in [2.45, 2.75) is 11.3 Å². The summed E-state index contributed by atoms with van der Waals surface area (Å²) in [6, 6.07) is 3.78. The summed E-state index contributed by atoms with van der Waals surface area (Å²) in [7, 11) is -2.63. The smallest absolute Gasteiger partial charge is 0.404 e. The SMILES string of the molecule is C#CCNc1ccc(S(=C)(C)=O)cc1OC(F)(F)F. The summed E-state index contributed by atoms with van der Waals surface area (Å²) in [6.07, 6.45) is 1.50. The van der Waals surface area contributed by atoms with Crippen LogP contribution in [0, 0.1) is 12.3 Å². The zero-order valence-corrected chi connectivity index (χ0v) is 10.9. The molecule has 104 valence electrons. The molecule has 1 aromatic rings. The molecular formula is C12H12F3NO2S. The van der Waals surface area contributed by atoms with Crippen molar-refractivity contribution in [1.29, 1.82) is 0 Å². The molecule has 1 unspecified atom stereocenters. The monoisotopic (exact) mass is 291 g/mol. The van der Waals surface area contributed by atoms with Crippen LogP contribution >= 0.6 is 0 Å². The molecular weight excluding hydrogens is 279 g/mol. The fourth-order valence-electron chi connectivity index (χ4n) is 1.27. The van der Waals surface area contributed by atoms with E-state index in [2.05, 4.69) is 21.8 Å². The lowest BCUT2D eigenvalue weighted by molar-refractivity contribution is -0.274. The Morgan fingerprint density at radius 1 is 1.53 bits per heavy atom. The molecule has 1 atom stereocenters. The number of rotatable bonds is 4. The summed E-state index contributed by atoms with van der Waals surface area (Å²) in [5.74, 6) is 5.16. The molecule has 7 heteroatoms. The van der Waals surface area contributed by atoms with E-state index in [4.69, 9.17) is 6.42 Å². The third-order valence-electron chi connectivity index (χ3n) is 2.06. The zero-order valence-electron chi connectivity index (χ0n) is 10.1. The van der Waals surface area contributed by atoms with Gasteiger partial charge >= 0.3 is 6.36 Å². The minimum atomic E-state index is -4.85. The highest BCUT2D eigenvalue weighted by atomic mass is 32.2. The molecule has 1 N–H and O–H groups in total. The molecule has 1 rings (SSSR count). The Labute approximate surface area is 109 Å². The van der Waals surface area contributed by atoms with Crippen molar-refractivity contribution >= 4 is 21.1 Å². The van der Waals surface area contributed by atoms with E-state index in [0.29, 0.717) is 0 Å². The standard InChI is InChI=1S/C12H12F3NO2S/c1-4-7-16-10-6-5-9(19(2,3)17)8-11(10)18-12(13,14)15/h1,5-6,8,16H,2,7H2,3H3. The summed E-state index contributed by atoms with van der Waals surface area (Å²) in [5, 5.41) is 2.59. The van der Waals surface area contributed by atoms with Gasteiger partial charge in [-0.05, 0) is 33.6 Å². The molecule has 0 radical (unpaired) electrons. The van der Waals surface area contributed by atoms with Gasteiger partial charge in [0.2, 0.25) is 0 Å². The van der Waals surface area contributed by atoms with Gasteiger partial charge in [0.1, 0.15) is 0 Å². The number of halogens is 3. The quantitative estimate of drug-likeness (QED) is 0.683. The largest absolute Gasteiger partial charge is 0.573 e. The maximum Gasteiger partial charge on any atom is 0.573 e. The third-order valence-corrected chi connectivity index (χ3v) is 3.31. The molecule has 0 saturated carbocycles. The average molecular weight is 291 g/mol. The first-order valence-corrected chi connectivity index (χ1v) is 7.16. The predicted octanol–water partition coefficient (Wildman–Crippen LogP) is 2.34. The Balaban J connectivity index is 3.23. The third kappa shape index (κ3) is 4.75. The Bertz CT molecular complexity index is 600. The van der Waals surface area contributed by atoms with Crippen molar-refractivity contribution in [3.05, 3.63) is 18.2 Å². The number of benzene rings is 1. The number of hydrogen-bond donors (Lipinski definition) is 1. The summed E-state index contributed by atoms with van der Waals surface area (Å²) in [4.78, 5) is 0.165. The van der Waals surface area contributed by atoms with E-state index in [9.17, 15) is 17.4 Å². The van der Waals surface area contributed by atoms with Gasteiger partial charge in [0.25, 0.3) is 0 Å². The Morgan fingerprint density at radius 2 is 2.16 bits per heavy atom. The van der Waals surface area contributed by atoms with E-state index >= 15 is 0 Å². The van der Waals surface area contributed by atoms with Crippen LogP contribution in [0.3, 0.4) is 0 Å². The number of hydrogen-bond acceptors (Lipinski definition) is 3. The second-order valence-corrected chi connectivity index (χ2v) is 6.25. The normalized spacial score (nSPS) is 14.3. The molecule has 0 aliphatic rings. The predicted molar refractivity (Wildman–Crippen MR) is 69.9 cm³/mol. The molecule has 0 aromatic heterocycles. The van der Waals surface area contributed by atoms with Gasteiger partial charge < -0.3 is 10.1 Å². The van der Waals surface area contributed by atoms with Gasteiger partial charge in [0.15, 0.2) is 5.75 Å². The van der Waals surface area contributed by atoms with Crippen LogP contribution in [-0.2, 0) is 9.52 Å². The molecule has 0 aliphatic carbocycles. The molecule has 0 amide bonds. The molecule has 0 heterocycles. The van der Waals surface area contributed by atoms with Crippen molar-refractivity contribution in [3.8, 4) is 18.1 Å². The lowest BCUT2D eigenvalue weighted by Crippen LogP contribution is -2.18. The van der Waals surface area contributed by atoms with E-state index < -0.39 is 21.6 Å². The van der Waals surface area contributed by atoms with Gasteiger partial charge in [-0.2, -0.15) is 0 Å².